The summed E-state index contributed by atoms with van der Waals surface area (Å²) in [6.45, 7) is 9.70. The van der Waals surface area contributed by atoms with Crippen LogP contribution in [0.3, 0.4) is 0 Å². The minimum Gasteiger partial charge on any atom is -0.342 e. The van der Waals surface area contributed by atoms with Gasteiger partial charge in [-0.1, -0.05) is 43.3 Å². The second-order valence-corrected chi connectivity index (χ2v) is 8.99. The number of hydrogen-bond acceptors (Lipinski definition) is 5. The maximum Gasteiger partial charge on any atom is 0.276 e. The summed E-state index contributed by atoms with van der Waals surface area (Å²) in [5.74, 6) is 0.359. The summed E-state index contributed by atoms with van der Waals surface area (Å²) in [5, 5.41) is 2.45. The largest absolute Gasteiger partial charge is 0.342 e. The van der Waals surface area contributed by atoms with Gasteiger partial charge in [0.25, 0.3) is 5.56 Å². The molecule has 0 fully saturated rings. The molecule has 2 aromatic heterocycles. The van der Waals surface area contributed by atoms with Crippen molar-refractivity contribution in [1.82, 2.24) is 14.5 Å². The molecule has 0 aliphatic heterocycles. The molecule has 0 radical (unpaired) electrons. The smallest absolute Gasteiger partial charge is 0.276 e. The summed E-state index contributed by atoms with van der Waals surface area (Å²) in [5.41, 5.74) is 3.58. The van der Waals surface area contributed by atoms with Crippen LogP contribution >= 0.6 is 23.1 Å². The maximum absolute atomic E-state index is 13.3. The van der Waals surface area contributed by atoms with Crippen LogP contribution in [-0.2, 0) is 4.79 Å². The first kappa shape index (κ1) is 21.6. The van der Waals surface area contributed by atoms with Crippen molar-refractivity contribution in [2.75, 3.05) is 18.8 Å². The van der Waals surface area contributed by atoms with Crippen molar-refractivity contribution in [1.29, 1.82) is 0 Å². The lowest BCUT2D eigenvalue weighted by atomic mass is 10.1. The lowest BCUT2D eigenvalue weighted by Crippen LogP contribution is -2.34. The fourth-order valence-electron chi connectivity index (χ4n) is 3.38. The van der Waals surface area contributed by atoms with Crippen molar-refractivity contribution in [3.05, 3.63) is 51.1 Å². The van der Waals surface area contributed by atoms with Gasteiger partial charge in [-0.05, 0) is 49.8 Å². The van der Waals surface area contributed by atoms with Crippen LogP contribution in [0.1, 0.15) is 37.8 Å². The SMILES string of the molecule is CCCN(CCC)C(=O)CSc1nc2ccsc2c(=O)n1-c1ccc(C)cc1C. The molecule has 3 aromatic rings. The Balaban J connectivity index is 2.00. The normalized spacial score (nSPS) is 11.2. The Hall–Kier alpha value is -2.12. The second-order valence-electron chi connectivity index (χ2n) is 7.13. The van der Waals surface area contributed by atoms with E-state index in [1.807, 2.05) is 42.3 Å². The predicted octanol–water partition coefficient (Wildman–Crippen LogP) is 4.80. The number of thiophene rings is 1. The zero-order valence-corrected chi connectivity index (χ0v) is 19.0. The van der Waals surface area contributed by atoms with Gasteiger partial charge in [-0.15, -0.1) is 11.3 Å². The highest BCUT2D eigenvalue weighted by Gasteiger charge is 2.18. The molecule has 154 valence electrons. The van der Waals surface area contributed by atoms with Crippen LogP contribution in [0, 0.1) is 13.8 Å². The zero-order valence-electron chi connectivity index (χ0n) is 17.4. The first-order valence-electron chi connectivity index (χ1n) is 9.94. The molecule has 0 N–H and O–H groups in total. The number of rotatable bonds is 8. The van der Waals surface area contributed by atoms with E-state index in [4.69, 9.17) is 4.98 Å². The fourth-order valence-corrected chi connectivity index (χ4v) is 5.04. The van der Waals surface area contributed by atoms with Gasteiger partial charge in [0.15, 0.2) is 5.16 Å². The number of amides is 1. The molecule has 29 heavy (non-hydrogen) atoms. The zero-order chi connectivity index (χ0) is 21.0. The van der Waals surface area contributed by atoms with Crippen molar-refractivity contribution in [2.24, 2.45) is 0 Å². The number of aromatic nitrogens is 2. The molecular formula is C22H27N3O2S2. The monoisotopic (exact) mass is 429 g/mol. The predicted molar refractivity (Wildman–Crippen MR) is 123 cm³/mol. The quantitative estimate of drug-likeness (QED) is 0.381. The maximum atomic E-state index is 13.3. The number of thioether (sulfide) groups is 1. The summed E-state index contributed by atoms with van der Waals surface area (Å²) in [4.78, 5) is 32.6. The molecule has 0 saturated carbocycles. The van der Waals surface area contributed by atoms with Crippen LogP contribution in [0.5, 0.6) is 0 Å². The molecule has 0 atom stereocenters. The van der Waals surface area contributed by atoms with Gasteiger partial charge in [0.1, 0.15) is 4.70 Å². The first-order valence-corrected chi connectivity index (χ1v) is 11.8. The van der Waals surface area contributed by atoms with Gasteiger partial charge < -0.3 is 4.90 Å². The number of fused-ring (bicyclic) bond motifs is 1. The van der Waals surface area contributed by atoms with E-state index < -0.39 is 0 Å². The molecule has 5 nitrogen and oxygen atoms in total. The lowest BCUT2D eigenvalue weighted by Gasteiger charge is -2.21. The highest BCUT2D eigenvalue weighted by Crippen LogP contribution is 2.25. The molecule has 0 bridgehead atoms. The van der Waals surface area contributed by atoms with Gasteiger partial charge in [0.2, 0.25) is 5.91 Å². The molecule has 0 aliphatic carbocycles. The van der Waals surface area contributed by atoms with Gasteiger partial charge >= 0.3 is 0 Å². The molecule has 0 saturated heterocycles. The second kappa shape index (κ2) is 9.59. The van der Waals surface area contributed by atoms with Crippen molar-refractivity contribution >= 4 is 39.2 Å². The number of aryl methyl sites for hydroxylation is 2. The van der Waals surface area contributed by atoms with Crippen LogP contribution in [0.4, 0.5) is 0 Å². The molecule has 0 spiro atoms. The Morgan fingerprint density at radius 2 is 1.90 bits per heavy atom. The summed E-state index contributed by atoms with van der Waals surface area (Å²) in [7, 11) is 0. The van der Waals surface area contributed by atoms with E-state index in [0.717, 1.165) is 42.7 Å². The summed E-state index contributed by atoms with van der Waals surface area (Å²) < 4.78 is 2.30. The average molecular weight is 430 g/mol. The van der Waals surface area contributed by atoms with Crippen LogP contribution in [-0.4, -0.2) is 39.2 Å². The molecule has 0 aliphatic rings. The third kappa shape index (κ3) is 4.73. The van der Waals surface area contributed by atoms with E-state index in [9.17, 15) is 9.59 Å². The fraction of sp³-hybridized carbons (Fsp3) is 0.409. The number of benzene rings is 1. The lowest BCUT2D eigenvalue weighted by molar-refractivity contribution is -0.128. The van der Waals surface area contributed by atoms with E-state index in [2.05, 4.69) is 19.9 Å². The van der Waals surface area contributed by atoms with Gasteiger partial charge in [-0.2, -0.15) is 0 Å². The van der Waals surface area contributed by atoms with Crippen LogP contribution < -0.4 is 5.56 Å². The van der Waals surface area contributed by atoms with E-state index in [-0.39, 0.29) is 17.2 Å². The summed E-state index contributed by atoms with van der Waals surface area (Å²) in [6, 6.07) is 7.88. The molecule has 1 amide bonds. The third-order valence-electron chi connectivity index (χ3n) is 4.71. The molecule has 3 rings (SSSR count). The van der Waals surface area contributed by atoms with E-state index in [1.165, 1.54) is 23.1 Å². The van der Waals surface area contributed by atoms with Crippen molar-refractivity contribution < 1.29 is 4.79 Å². The number of nitrogens with zero attached hydrogens (tertiary/aromatic N) is 3. The standard InChI is InChI=1S/C22H27N3O2S2/c1-5-10-24(11-6-2)19(26)14-29-22-23-17-9-12-28-20(17)21(27)25(22)18-8-7-15(3)13-16(18)4/h7-9,12-13H,5-6,10-11,14H2,1-4H3. The Labute approximate surface area is 179 Å². The minimum atomic E-state index is -0.0779. The van der Waals surface area contributed by atoms with E-state index in [1.54, 1.807) is 4.57 Å². The molecule has 0 unspecified atom stereocenters. The average Bonchev–Trinajstić information content (AvgIpc) is 3.16. The number of hydrogen-bond donors (Lipinski definition) is 0. The minimum absolute atomic E-state index is 0.0779. The van der Waals surface area contributed by atoms with Crippen molar-refractivity contribution in [3.63, 3.8) is 0 Å². The van der Waals surface area contributed by atoms with Gasteiger partial charge in [0.05, 0.1) is 17.0 Å². The Kier molecular flexibility index (Phi) is 7.14. The van der Waals surface area contributed by atoms with Gasteiger partial charge in [-0.3, -0.25) is 14.2 Å². The number of carbonyl (C=O) groups is 1. The van der Waals surface area contributed by atoms with Crippen LogP contribution in [0.2, 0.25) is 0 Å². The highest BCUT2D eigenvalue weighted by atomic mass is 32.2. The molecule has 2 heterocycles. The Morgan fingerprint density at radius 3 is 2.55 bits per heavy atom. The summed E-state index contributed by atoms with van der Waals surface area (Å²) >= 11 is 2.74. The molecule has 1 aromatic carbocycles. The van der Waals surface area contributed by atoms with Crippen LogP contribution in [0.25, 0.3) is 15.9 Å². The van der Waals surface area contributed by atoms with Crippen molar-refractivity contribution in [2.45, 2.75) is 45.7 Å². The molecular weight excluding hydrogens is 402 g/mol. The van der Waals surface area contributed by atoms with E-state index >= 15 is 0 Å². The third-order valence-corrected chi connectivity index (χ3v) is 6.52. The molecule has 7 heteroatoms. The Bertz CT molecular complexity index is 1070. The van der Waals surface area contributed by atoms with Crippen molar-refractivity contribution in [3.8, 4) is 5.69 Å². The number of carbonyl (C=O) groups excluding carboxylic acids is 1. The topological polar surface area (TPSA) is 55.2 Å². The van der Waals surface area contributed by atoms with Gasteiger partial charge in [-0.25, -0.2) is 4.98 Å². The Morgan fingerprint density at radius 1 is 1.17 bits per heavy atom. The van der Waals surface area contributed by atoms with Gasteiger partial charge in [0, 0.05) is 13.1 Å². The first-order chi connectivity index (χ1) is 14.0. The van der Waals surface area contributed by atoms with E-state index in [0.29, 0.717) is 15.4 Å². The van der Waals surface area contributed by atoms with Crippen LogP contribution in [0.15, 0.2) is 39.6 Å². The highest BCUT2D eigenvalue weighted by molar-refractivity contribution is 7.99. The summed E-state index contributed by atoms with van der Waals surface area (Å²) in [6.07, 6.45) is 1.87.